The zero-order valence-electron chi connectivity index (χ0n) is 19.4. The number of benzene rings is 3. The zero-order chi connectivity index (χ0) is 25.6. The average molecular weight is 496 g/mol. The molecule has 35 heavy (non-hydrogen) atoms. The van der Waals surface area contributed by atoms with E-state index >= 15 is 0 Å². The molecule has 0 bridgehead atoms. The van der Waals surface area contributed by atoms with Crippen molar-refractivity contribution < 1.29 is 27.5 Å². The van der Waals surface area contributed by atoms with Crippen LogP contribution in [0.2, 0.25) is 0 Å². The molecule has 2 amide bonds. The van der Waals surface area contributed by atoms with E-state index in [1.807, 2.05) is 13.8 Å². The molecule has 0 aliphatic heterocycles. The van der Waals surface area contributed by atoms with Crippen LogP contribution in [0.1, 0.15) is 37.4 Å². The maximum absolute atomic E-state index is 12.9. The van der Waals surface area contributed by atoms with Gasteiger partial charge >= 0.3 is 5.97 Å². The molecule has 10 heteroatoms. The number of rotatable bonds is 7. The van der Waals surface area contributed by atoms with Gasteiger partial charge in [0.05, 0.1) is 10.5 Å². The van der Waals surface area contributed by atoms with Gasteiger partial charge in [-0.15, -0.1) is 0 Å². The molecule has 0 aliphatic rings. The summed E-state index contributed by atoms with van der Waals surface area (Å²) < 4.78 is 33.2. The summed E-state index contributed by atoms with van der Waals surface area (Å²) in [5.41, 5.74) is 7.46. The third-order valence-electron chi connectivity index (χ3n) is 4.98. The summed E-state index contributed by atoms with van der Waals surface area (Å²) in [6.45, 7) is 4.69. The SMILES string of the molecule is Cc1ccc(NS(=O)(=O)c2cc(C(=O)OCC(=O)NNC(=O)c3ccc(C)cc3)ccc2C)cc1. The number of anilines is 1. The quantitative estimate of drug-likeness (QED) is 0.341. The van der Waals surface area contributed by atoms with Crippen molar-refractivity contribution in [2.75, 3.05) is 11.3 Å². The van der Waals surface area contributed by atoms with Gasteiger partial charge in [-0.05, 0) is 62.7 Å². The molecular weight excluding hydrogens is 470 g/mol. The lowest BCUT2D eigenvalue weighted by Crippen LogP contribution is -2.43. The predicted octanol–water partition coefficient (Wildman–Crippen LogP) is 3.03. The van der Waals surface area contributed by atoms with Crippen molar-refractivity contribution in [1.29, 1.82) is 0 Å². The molecule has 3 aromatic rings. The van der Waals surface area contributed by atoms with Gasteiger partial charge in [-0.1, -0.05) is 41.5 Å². The molecule has 0 atom stereocenters. The molecule has 0 unspecified atom stereocenters. The van der Waals surface area contributed by atoms with Crippen molar-refractivity contribution in [3.05, 3.63) is 94.5 Å². The van der Waals surface area contributed by atoms with Crippen LogP contribution >= 0.6 is 0 Å². The number of hydrogen-bond acceptors (Lipinski definition) is 6. The van der Waals surface area contributed by atoms with Crippen LogP contribution in [-0.2, 0) is 19.6 Å². The molecular formula is C25H25N3O6S. The first-order valence-corrected chi connectivity index (χ1v) is 12.1. The smallest absolute Gasteiger partial charge is 0.338 e. The van der Waals surface area contributed by atoms with Gasteiger partial charge in [-0.3, -0.25) is 25.2 Å². The number of amides is 2. The normalized spacial score (nSPS) is 10.8. The summed E-state index contributed by atoms with van der Waals surface area (Å²) in [5, 5.41) is 0. The Morgan fingerprint density at radius 2 is 1.34 bits per heavy atom. The van der Waals surface area contributed by atoms with E-state index in [4.69, 9.17) is 4.74 Å². The van der Waals surface area contributed by atoms with E-state index in [9.17, 15) is 22.8 Å². The Hall–Kier alpha value is -4.18. The Bertz CT molecular complexity index is 1350. The minimum Gasteiger partial charge on any atom is -0.452 e. The first-order valence-electron chi connectivity index (χ1n) is 10.6. The largest absolute Gasteiger partial charge is 0.452 e. The summed E-state index contributed by atoms with van der Waals surface area (Å²) in [5.74, 6) is -2.18. The van der Waals surface area contributed by atoms with Crippen LogP contribution in [0.25, 0.3) is 0 Å². The maximum atomic E-state index is 12.9. The molecule has 3 N–H and O–H groups in total. The third kappa shape index (κ3) is 6.90. The topological polar surface area (TPSA) is 131 Å². The number of carbonyl (C=O) groups is 3. The zero-order valence-corrected chi connectivity index (χ0v) is 20.2. The molecule has 0 aromatic heterocycles. The van der Waals surface area contributed by atoms with Crippen molar-refractivity contribution in [1.82, 2.24) is 10.9 Å². The number of carbonyl (C=O) groups excluding carboxylic acids is 3. The van der Waals surface area contributed by atoms with Gasteiger partial charge in [0.15, 0.2) is 6.61 Å². The van der Waals surface area contributed by atoms with Crippen LogP contribution in [0.4, 0.5) is 5.69 Å². The Morgan fingerprint density at radius 3 is 1.97 bits per heavy atom. The summed E-state index contributed by atoms with van der Waals surface area (Å²) in [4.78, 5) is 36.3. The Morgan fingerprint density at radius 1 is 0.771 bits per heavy atom. The Labute approximate surface area is 203 Å². The standard InChI is InChI=1S/C25H25N3O6S/c1-16-4-9-19(10-5-16)24(30)27-26-23(29)15-34-25(31)20-11-8-18(3)22(14-20)35(32,33)28-21-12-6-17(2)7-13-21/h4-14,28H,15H2,1-3H3,(H,26,29)(H,27,30). The van der Waals surface area contributed by atoms with Gasteiger partial charge in [0.25, 0.3) is 21.8 Å². The van der Waals surface area contributed by atoms with Crippen LogP contribution < -0.4 is 15.6 Å². The Balaban J connectivity index is 1.59. The highest BCUT2D eigenvalue weighted by Crippen LogP contribution is 2.21. The number of sulfonamides is 1. The molecule has 0 radical (unpaired) electrons. The first kappa shape index (κ1) is 25.4. The van der Waals surface area contributed by atoms with E-state index in [0.29, 0.717) is 16.8 Å². The molecule has 3 rings (SSSR count). The number of nitrogens with one attached hydrogen (secondary N) is 3. The van der Waals surface area contributed by atoms with E-state index in [1.54, 1.807) is 55.5 Å². The van der Waals surface area contributed by atoms with E-state index in [2.05, 4.69) is 15.6 Å². The second-order valence-corrected chi connectivity index (χ2v) is 9.55. The Kier molecular flexibility index (Phi) is 7.87. The molecule has 0 saturated carbocycles. The molecule has 0 spiro atoms. The van der Waals surface area contributed by atoms with Crippen molar-refractivity contribution in [2.24, 2.45) is 0 Å². The monoisotopic (exact) mass is 495 g/mol. The molecule has 0 fully saturated rings. The average Bonchev–Trinajstić information content (AvgIpc) is 2.83. The van der Waals surface area contributed by atoms with Crippen LogP contribution in [0, 0.1) is 20.8 Å². The van der Waals surface area contributed by atoms with Crippen LogP contribution in [-0.4, -0.2) is 32.8 Å². The van der Waals surface area contributed by atoms with Gasteiger partial charge in [0.1, 0.15) is 0 Å². The fourth-order valence-corrected chi connectivity index (χ4v) is 4.33. The lowest BCUT2D eigenvalue weighted by molar-refractivity contribution is -0.125. The second-order valence-electron chi connectivity index (χ2n) is 7.90. The predicted molar refractivity (Wildman–Crippen MR) is 130 cm³/mol. The summed E-state index contributed by atoms with van der Waals surface area (Å²) in [6, 6.07) is 17.6. The van der Waals surface area contributed by atoms with Gasteiger partial charge in [-0.25, -0.2) is 13.2 Å². The van der Waals surface area contributed by atoms with E-state index < -0.39 is 34.4 Å². The molecule has 9 nitrogen and oxygen atoms in total. The molecule has 0 saturated heterocycles. The van der Waals surface area contributed by atoms with Gasteiger partial charge < -0.3 is 4.74 Å². The first-order chi connectivity index (χ1) is 16.5. The molecule has 182 valence electrons. The van der Waals surface area contributed by atoms with Crippen LogP contribution in [0.15, 0.2) is 71.6 Å². The number of hydrazine groups is 1. The summed E-state index contributed by atoms with van der Waals surface area (Å²) in [6.07, 6.45) is 0. The third-order valence-corrected chi connectivity index (χ3v) is 6.50. The maximum Gasteiger partial charge on any atom is 0.338 e. The molecule has 0 heterocycles. The number of ether oxygens (including phenoxy) is 1. The summed E-state index contributed by atoms with van der Waals surface area (Å²) in [7, 11) is -3.98. The fraction of sp³-hybridized carbons (Fsp3) is 0.160. The number of esters is 1. The van der Waals surface area contributed by atoms with Gasteiger partial charge in [0, 0.05) is 11.3 Å². The highest BCUT2D eigenvalue weighted by Gasteiger charge is 2.20. The number of hydrogen-bond donors (Lipinski definition) is 3. The van der Waals surface area contributed by atoms with Crippen LogP contribution in [0.3, 0.4) is 0 Å². The number of aryl methyl sites for hydroxylation is 3. The lowest BCUT2D eigenvalue weighted by Gasteiger charge is -2.12. The van der Waals surface area contributed by atoms with Gasteiger partial charge in [-0.2, -0.15) is 0 Å². The second kappa shape index (κ2) is 10.8. The molecule has 3 aromatic carbocycles. The van der Waals surface area contributed by atoms with Crippen LogP contribution in [0.5, 0.6) is 0 Å². The van der Waals surface area contributed by atoms with E-state index in [0.717, 1.165) is 11.1 Å². The van der Waals surface area contributed by atoms with E-state index in [1.165, 1.54) is 18.2 Å². The molecule has 0 aliphatic carbocycles. The highest BCUT2D eigenvalue weighted by molar-refractivity contribution is 7.92. The fourth-order valence-electron chi connectivity index (χ4n) is 3.00. The summed E-state index contributed by atoms with van der Waals surface area (Å²) >= 11 is 0. The van der Waals surface area contributed by atoms with E-state index in [-0.39, 0.29) is 10.5 Å². The van der Waals surface area contributed by atoms with Crippen molar-refractivity contribution in [2.45, 2.75) is 25.7 Å². The minimum absolute atomic E-state index is 0.0450. The van der Waals surface area contributed by atoms with Crippen molar-refractivity contribution >= 4 is 33.5 Å². The van der Waals surface area contributed by atoms with Gasteiger partial charge in [0.2, 0.25) is 0 Å². The minimum atomic E-state index is -3.98. The van der Waals surface area contributed by atoms with Crippen molar-refractivity contribution in [3.8, 4) is 0 Å². The van der Waals surface area contributed by atoms with Crippen molar-refractivity contribution in [3.63, 3.8) is 0 Å². The lowest BCUT2D eigenvalue weighted by atomic mass is 10.1. The highest BCUT2D eigenvalue weighted by atomic mass is 32.2.